The summed E-state index contributed by atoms with van der Waals surface area (Å²) in [6.45, 7) is 2.10. The molecule has 0 amide bonds. The van der Waals surface area contributed by atoms with E-state index < -0.39 is 6.10 Å². The fourth-order valence-electron chi connectivity index (χ4n) is 3.14. The summed E-state index contributed by atoms with van der Waals surface area (Å²) in [5.41, 5.74) is 3.31. The van der Waals surface area contributed by atoms with Crippen LogP contribution in [0.15, 0.2) is 65.3 Å². The number of hydrogen-bond acceptors (Lipinski definition) is 6. The van der Waals surface area contributed by atoms with Crippen molar-refractivity contribution in [1.82, 2.24) is 9.97 Å². The Labute approximate surface area is 162 Å². The summed E-state index contributed by atoms with van der Waals surface area (Å²) in [5.74, 6) is 2.13. The van der Waals surface area contributed by atoms with Gasteiger partial charge in [0.25, 0.3) is 0 Å². The highest BCUT2D eigenvalue weighted by Crippen LogP contribution is 2.42. The maximum atomic E-state index is 9.67. The van der Waals surface area contributed by atoms with E-state index in [4.69, 9.17) is 9.15 Å². The molecular weight excluding hydrogens is 354 g/mol. The molecule has 2 heterocycles. The van der Waals surface area contributed by atoms with Crippen molar-refractivity contribution in [2.45, 2.75) is 13.0 Å². The second kappa shape index (κ2) is 7.70. The highest BCUT2D eigenvalue weighted by atomic mass is 16.5. The molecule has 6 nitrogen and oxygen atoms in total. The van der Waals surface area contributed by atoms with Crippen molar-refractivity contribution in [2.75, 3.05) is 19.0 Å². The Hall–Kier alpha value is -3.38. The summed E-state index contributed by atoms with van der Waals surface area (Å²) < 4.78 is 11.4. The summed E-state index contributed by atoms with van der Waals surface area (Å²) in [6.07, 6.45) is 0.956. The standard InChI is InChI=1S/C22H21N3O3/c1-14(26)12-23-21-19-18(15-8-10-17(27-2)11-9-15)20(16-6-4-3-5-7-16)28-22(19)25-13-24-21/h3-11,13-14,26H,12H2,1-2H3,(H,23,24,25)/t14-/m1/s1. The molecule has 2 aromatic carbocycles. The van der Waals surface area contributed by atoms with Crippen molar-refractivity contribution in [2.24, 2.45) is 0 Å². The zero-order valence-electron chi connectivity index (χ0n) is 15.7. The first kappa shape index (κ1) is 18.0. The summed E-state index contributed by atoms with van der Waals surface area (Å²) in [4.78, 5) is 8.72. The minimum Gasteiger partial charge on any atom is -0.497 e. The minimum absolute atomic E-state index is 0.375. The van der Waals surface area contributed by atoms with Crippen LogP contribution in [0.25, 0.3) is 33.6 Å². The lowest BCUT2D eigenvalue weighted by Gasteiger charge is -2.10. The molecule has 4 rings (SSSR count). The quantitative estimate of drug-likeness (QED) is 0.521. The zero-order chi connectivity index (χ0) is 19.5. The van der Waals surface area contributed by atoms with Crippen LogP contribution in [0.5, 0.6) is 5.75 Å². The van der Waals surface area contributed by atoms with Gasteiger partial charge in [0.1, 0.15) is 23.7 Å². The van der Waals surface area contributed by atoms with Crippen LogP contribution in [0.1, 0.15) is 6.92 Å². The lowest BCUT2D eigenvalue weighted by atomic mass is 9.99. The number of aliphatic hydroxyl groups excluding tert-OH is 1. The van der Waals surface area contributed by atoms with E-state index in [0.29, 0.717) is 18.1 Å². The lowest BCUT2D eigenvalue weighted by Crippen LogP contribution is -2.16. The van der Waals surface area contributed by atoms with Gasteiger partial charge in [0.15, 0.2) is 0 Å². The molecule has 0 aliphatic carbocycles. The molecule has 0 bridgehead atoms. The number of aromatic nitrogens is 2. The molecule has 0 spiro atoms. The maximum Gasteiger partial charge on any atom is 0.232 e. The Morgan fingerprint density at radius 2 is 1.79 bits per heavy atom. The normalized spacial score (nSPS) is 12.1. The van der Waals surface area contributed by atoms with E-state index in [2.05, 4.69) is 15.3 Å². The third-order valence-electron chi connectivity index (χ3n) is 4.47. The molecular formula is C22H21N3O3. The second-order valence-electron chi connectivity index (χ2n) is 6.53. The van der Waals surface area contributed by atoms with Crippen LogP contribution in [-0.4, -0.2) is 34.8 Å². The molecule has 2 N–H and O–H groups in total. The van der Waals surface area contributed by atoms with E-state index in [-0.39, 0.29) is 0 Å². The van der Waals surface area contributed by atoms with Crippen LogP contribution in [0.4, 0.5) is 5.82 Å². The summed E-state index contributed by atoms with van der Waals surface area (Å²) in [6, 6.07) is 17.7. The maximum absolute atomic E-state index is 9.67. The predicted octanol–water partition coefficient (Wildman–Crippen LogP) is 4.36. The Morgan fingerprint density at radius 1 is 1.04 bits per heavy atom. The number of aliphatic hydroxyl groups is 1. The molecule has 0 fully saturated rings. The zero-order valence-corrected chi connectivity index (χ0v) is 15.7. The Balaban J connectivity index is 1.96. The van der Waals surface area contributed by atoms with Gasteiger partial charge < -0.3 is 19.6 Å². The fraction of sp³-hybridized carbons (Fsp3) is 0.182. The number of methoxy groups -OCH3 is 1. The number of fused-ring (bicyclic) bond motifs is 1. The van der Waals surface area contributed by atoms with Gasteiger partial charge >= 0.3 is 0 Å². The van der Waals surface area contributed by atoms with E-state index >= 15 is 0 Å². The van der Waals surface area contributed by atoms with Crippen molar-refractivity contribution in [3.05, 3.63) is 60.9 Å². The van der Waals surface area contributed by atoms with E-state index in [9.17, 15) is 5.11 Å². The summed E-state index contributed by atoms with van der Waals surface area (Å²) in [5, 5.41) is 13.7. The van der Waals surface area contributed by atoms with E-state index in [1.165, 1.54) is 6.33 Å². The first-order valence-electron chi connectivity index (χ1n) is 9.06. The van der Waals surface area contributed by atoms with Gasteiger partial charge in [-0.1, -0.05) is 42.5 Å². The number of anilines is 1. The van der Waals surface area contributed by atoms with Crippen LogP contribution < -0.4 is 10.1 Å². The van der Waals surface area contributed by atoms with E-state index in [1.807, 2.05) is 54.6 Å². The van der Waals surface area contributed by atoms with Gasteiger partial charge in [-0.15, -0.1) is 0 Å². The predicted molar refractivity (Wildman–Crippen MR) is 109 cm³/mol. The minimum atomic E-state index is -0.505. The van der Waals surface area contributed by atoms with Crippen LogP contribution in [0.3, 0.4) is 0 Å². The number of ether oxygens (including phenoxy) is 1. The van der Waals surface area contributed by atoms with E-state index in [1.54, 1.807) is 14.0 Å². The molecule has 142 valence electrons. The average molecular weight is 375 g/mol. The topological polar surface area (TPSA) is 80.4 Å². The average Bonchev–Trinajstić information content (AvgIpc) is 3.13. The van der Waals surface area contributed by atoms with Crippen molar-refractivity contribution in [3.8, 4) is 28.2 Å². The van der Waals surface area contributed by atoms with Crippen LogP contribution in [-0.2, 0) is 0 Å². The van der Waals surface area contributed by atoms with Crippen molar-refractivity contribution < 1.29 is 14.3 Å². The Bertz CT molecular complexity index is 1070. The number of rotatable bonds is 6. The number of hydrogen-bond donors (Lipinski definition) is 2. The smallest absolute Gasteiger partial charge is 0.232 e. The molecule has 28 heavy (non-hydrogen) atoms. The van der Waals surface area contributed by atoms with Gasteiger partial charge in [-0.3, -0.25) is 0 Å². The highest BCUT2D eigenvalue weighted by Gasteiger charge is 2.22. The Morgan fingerprint density at radius 3 is 2.46 bits per heavy atom. The first-order chi connectivity index (χ1) is 13.7. The second-order valence-corrected chi connectivity index (χ2v) is 6.53. The van der Waals surface area contributed by atoms with Crippen molar-refractivity contribution in [1.29, 1.82) is 0 Å². The number of nitrogens with one attached hydrogen (secondary N) is 1. The summed E-state index contributed by atoms with van der Waals surface area (Å²) >= 11 is 0. The molecule has 0 unspecified atom stereocenters. The summed E-state index contributed by atoms with van der Waals surface area (Å²) in [7, 11) is 1.64. The number of furan rings is 1. The Kier molecular flexibility index (Phi) is 4.95. The third kappa shape index (κ3) is 3.42. The third-order valence-corrected chi connectivity index (χ3v) is 4.47. The van der Waals surface area contributed by atoms with Gasteiger partial charge in [-0.25, -0.2) is 9.97 Å². The molecule has 1 atom stereocenters. The van der Waals surface area contributed by atoms with Crippen LogP contribution >= 0.6 is 0 Å². The van der Waals surface area contributed by atoms with Gasteiger partial charge in [0.2, 0.25) is 5.71 Å². The van der Waals surface area contributed by atoms with E-state index in [0.717, 1.165) is 33.6 Å². The number of nitrogens with zero attached hydrogens (tertiary/aromatic N) is 2. The van der Waals surface area contributed by atoms with Crippen LogP contribution in [0, 0.1) is 0 Å². The highest BCUT2D eigenvalue weighted by molar-refractivity contribution is 6.05. The molecule has 0 radical (unpaired) electrons. The monoisotopic (exact) mass is 375 g/mol. The molecule has 0 aliphatic heterocycles. The van der Waals surface area contributed by atoms with Gasteiger partial charge in [-0.05, 0) is 24.6 Å². The molecule has 0 saturated heterocycles. The molecule has 0 saturated carbocycles. The van der Waals surface area contributed by atoms with Crippen molar-refractivity contribution >= 4 is 16.9 Å². The van der Waals surface area contributed by atoms with Gasteiger partial charge in [0, 0.05) is 17.7 Å². The SMILES string of the molecule is COc1ccc(-c2c(-c3ccccc3)oc3ncnc(NC[C@@H](C)O)c23)cc1. The first-order valence-corrected chi connectivity index (χ1v) is 9.06. The van der Waals surface area contributed by atoms with Gasteiger partial charge in [0.05, 0.1) is 18.6 Å². The fourth-order valence-corrected chi connectivity index (χ4v) is 3.14. The molecule has 2 aromatic heterocycles. The molecule has 6 heteroatoms. The van der Waals surface area contributed by atoms with Gasteiger partial charge in [-0.2, -0.15) is 0 Å². The number of benzene rings is 2. The van der Waals surface area contributed by atoms with Crippen LogP contribution in [0.2, 0.25) is 0 Å². The van der Waals surface area contributed by atoms with Crippen molar-refractivity contribution in [3.63, 3.8) is 0 Å². The largest absolute Gasteiger partial charge is 0.497 e. The molecule has 0 aliphatic rings. The lowest BCUT2D eigenvalue weighted by molar-refractivity contribution is 0.208. The molecule has 4 aromatic rings.